The van der Waals surface area contributed by atoms with Crippen molar-refractivity contribution in [1.82, 2.24) is 0 Å². The van der Waals surface area contributed by atoms with E-state index in [2.05, 4.69) is 33.8 Å². The third kappa shape index (κ3) is 5.83. The van der Waals surface area contributed by atoms with Crippen molar-refractivity contribution in [3.8, 4) is 0 Å². The lowest BCUT2D eigenvalue weighted by Gasteiger charge is -2.15. The SMILES string of the molecule is C/C(=C\CC(C)(C)C)CN. The number of hydrogen-bond donors (Lipinski definition) is 1. The third-order valence-electron chi connectivity index (χ3n) is 1.38. The van der Waals surface area contributed by atoms with Gasteiger partial charge in [0, 0.05) is 6.54 Å². The molecule has 0 amide bonds. The summed E-state index contributed by atoms with van der Waals surface area (Å²) in [7, 11) is 0. The molecule has 0 fully saturated rings. The molecular weight excluding hydrogens is 122 g/mol. The molecule has 10 heavy (non-hydrogen) atoms. The van der Waals surface area contributed by atoms with E-state index in [4.69, 9.17) is 5.73 Å². The highest BCUT2D eigenvalue weighted by atomic mass is 14.5. The molecule has 0 atom stereocenters. The molecule has 0 saturated heterocycles. The molecule has 2 N–H and O–H groups in total. The lowest BCUT2D eigenvalue weighted by atomic mass is 9.91. The number of rotatable bonds is 2. The molecule has 1 heteroatoms. The number of allylic oxidation sites excluding steroid dienone is 1. The topological polar surface area (TPSA) is 26.0 Å². The van der Waals surface area contributed by atoms with Gasteiger partial charge in [0.2, 0.25) is 0 Å². The molecule has 0 saturated carbocycles. The highest BCUT2D eigenvalue weighted by Gasteiger charge is 2.06. The maximum Gasteiger partial charge on any atom is 0.0134 e. The monoisotopic (exact) mass is 141 g/mol. The van der Waals surface area contributed by atoms with Gasteiger partial charge in [-0.25, -0.2) is 0 Å². The van der Waals surface area contributed by atoms with Crippen LogP contribution < -0.4 is 5.73 Å². The van der Waals surface area contributed by atoms with Crippen LogP contribution in [0.1, 0.15) is 34.1 Å². The van der Waals surface area contributed by atoms with Gasteiger partial charge in [0.15, 0.2) is 0 Å². The number of hydrogen-bond acceptors (Lipinski definition) is 1. The van der Waals surface area contributed by atoms with Crippen LogP contribution >= 0.6 is 0 Å². The van der Waals surface area contributed by atoms with Crippen LogP contribution in [0.15, 0.2) is 11.6 Å². The first-order chi connectivity index (χ1) is 4.45. The van der Waals surface area contributed by atoms with Crippen LogP contribution in [-0.2, 0) is 0 Å². The first-order valence-electron chi connectivity index (χ1n) is 3.81. The van der Waals surface area contributed by atoms with E-state index in [-0.39, 0.29) is 0 Å². The van der Waals surface area contributed by atoms with Crippen molar-refractivity contribution in [2.24, 2.45) is 11.1 Å². The maximum atomic E-state index is 5.43. The van der Waals surface area contributed by atoms with Crippen LogP contribution in [0, 0.1) is 5.41 Å². The van der Waals surface area contributed by atoms with E-state index in [1.165, 1.54) is 5.57 Å². The van der Waals surface area contributed by atoms with Gasteiger partial charge in [0.05, 0.1) is 0 Å². The predicted molar refractivity (Wildman–Crippen MR) is 46.9 cm³/mol. The fraction of sp³-hybridized carbons (Fsp3) is 0.778. The van der Waals surface area contributed by atoms with Gasteiger partial charge in [-0.05, 0) is 18.8 Å². The van der Waals surface area contributed by atoms with E-state index >= 15 is 0 Å². The van der Waals surface area contributed by atoms with Crippen molar-refractivity contribution in [2.45, 2.75) is 34.1 Å². The molecule has 60 valence electrons. The van der Waals surface area contributed by atoms with Crippen molar-refractivity contribution >= 4 is 0 Å². The summed E-state index contributed by atoms with van der Waals surface area (Å²) in [6.07, 6.45) is 3.34. The largest absolute Gasteiger partial charge is 0.327 e. The zero-order valence-electron chi connectivity index (χ0n) is 7.57. The van der Waals surface area contributed by atoms with Crippen LogP contribution in [0.4, 0.5) is 0 Å². The van der Waals surface area contributed by atoms with E-state index in [1.807, 2.05) is 0 Å². The molecule has 0 unspecified atom stereocenters. The van der Waals surface area contributed by atoms with Crippen LogP contribution in [-0.4, -0.2) is 6.54 Å². The molecule has 1 nitrogen and oxygen atoms in total. The van der Waals surface area contributed by atoms with Crippen LogP contribution in [0.5, 0.6) is 0 Å². The van der Waals surface area contributed by atoms with Gasteiger partial charge >= 0.3 is 0 Å². The van der Waals surface area contributed by atoms with E-state index in [1.54, 1.807) is 0 Å². The zero-order chi connectivity index (χ0) is 8.20. The molecule has 0 aromatic heterocycles. The Bertz CT molecular complexity index is 117. The molecule has 0 aromatic rings. The minimum absolute atomic E-state index is 0.399. The van der Waals surface area contributed by atoms with Crippen LogP contribution in [0.2, 0.25) is 0 Å². The van der Waals surface area contributed by atoms with Crippen molar-refractivity contribution in [3.63, 3.8) is 0 Å². The highest BCUT2D eigenvalue weighted by Crippen LogP contribution is 2.19. The maximum absolute atomic E-state index is 5.43. The van der Waals surface area contributed by atoms with Crippen molar-refractivity contribution in [3.05, 3.63) is 11.6 Å². The molecule has 0 aromatic carbocycles. The fourth-order valence-electron chi connectivity index (χ4n) is 0.564. The standard InChI is InChI=1S/C9H19N/c1-8(7-10)5-6-9(2,3)4/h5H,6-7,10H2,1-4H3/b8-5+. The van der Waals surface area contributed by atoms with Gasteiger partial charge in [-0.1, -0.05) is 32.4 Å². The summed E-state index contributed by atoms with van der Waals surface area (Å²) in [5.74, 6) is 0. The second-order valence-corrected chi connectivity index (χ2v) is 4.02. The van der Waals surface area contributed by atoms with E-state index < -0.39 is 0 Å². The highest BCUT2D eigenvalue weighted by molar-refractivity contribution is 5.00. The Morgan fingerprint density at radius 1 is 1.40 bits per heavy atom. The van der Waals surface area contributed by atoms with Gasteiger partial charge in [0.25, 0.3) is 0 Å². The normalized spacial score (nSPS) is 13.9. The predicted octanol–water partition coefficient (Wildman–Crippen LogP) is 2.33. The van der Waals surface area contributed by atoms with Crippen molar-refractivity contribution < 1.29 is 0 Å². The summed E-state index contributed by atoms with van der Waals surface area (Å²) >= 11 is 0. The van der Waals surface area contributed by atoms with Crippen molar-refractivity contribution in [1.29, 1.82) is 0 Å². The summed E-state index contributed by atoms with van der Waals surface area (Å²) in [4.78, 5) is 0. The molecule has 0 aliphatic rings. The second kappa shape index (κ2) is 3.77. The molecule has 0 radical (unpaired) electrons. The Labute approximate surface area is 64.3 Å². The zero-order valence-corrected chi connectivity index (χ0v) is 7.57. The van der Waals surface area contributed by atoms with Gasteiger partial charge in [-0.15, -0.1) is 0 Å². The Hall–Kier alpha value is -0.300. The van der Waals surface area contributed by atoms with Gasteiger partial charge < -0.3 is 5.73 Å². The summed E-state index contributed by atoms with van der Waals surface area (Å²) in [6.45, 7) is 9.45. The molecule has 0 spiro atoms. The van der Waals surface area contributed by atoms with Crippen molar-refractivity contribution in [2.75, 3.05) is 6.54 Å². The second-order valence-electron chi connectivity index (χ2n) is 4.02. The molecule has 0 heterocycles. The third-order valence-corrected chi connectivity index (χ3v) is 1.38. The molecule has 0 rings (SSSR count). The molecule has 0 bridgehead atoms. The van der Waals surface area contributed by atoms with Gasteiger partial charge in [0.1, 0.15) is 0 Å². The molecule has 0 aliphatic heterocycles. The molecule has 0 aliphatic carbocycles. The van der Waals surface area contributed by atoms with E-state index in [0.29, 0.717) is 12.0 Å². The summed E-state index contributed by atoms with van der Waals surface area (Å²) < 4.78 is 0. The van der Waals surface area contributed by atoms with E-state index in [0.717, 1.165) is 6.42 Å². The smallest absolute Gasteiger partial charge is 0.0134 e. The van der Waals surface area contributed by atoms with Crippen LogP contribution in [0.3, 0.4) is 0 Å². The lowest BCUT2D eigenvalue weighted by Crippen LogP contribution is -2.05. The van der Waals surface area contributed by atoms with Crippen LogP contribution in [0.25, 0.3) is 0 Å². The first-order valence-corrected chi connectivity index (χ1v) is 3.81. The van der Waals surface area contributed by atoms with Gasteiger partial charge in [-0.2, -0.15) is 0 Å². The minimum atomic E-state index is 0.399. The summed E-state index contributed by atoms with van der Waals surface area (Å²) in [5.41, 5.74) is 7.12. The average molecular weight is 141 g/mol. The molecular formula is C9H19N. The Kier molecular flexibility index (Phi) is 3.66. The summed E-state index contributed by atoms with van der Waals surface area (Å²) in [5, 5.41) is 0. The van der Waals surface area contributed by atoms with E-state index in [9.17, 15) is 0 Å². The average Bonchev–Trinajstić information content (AvgIpc) is 1.81. The Morgan fingerprint density at radius 2 is 1.90 bits per heavy atom. The first kappa shape index (κ1) is 9.70. The minimum Gasteiger partial charge on any atom is -0.327 e. The Morgan fingerprint density at radius 3 is 2.20 bits per heavy atom. The van der Waals surface area contributed by atoms with Gasteiger partial charge in [-0.3, -0.25) is 0 Å². The lowest BCUT2D eigenvalue weighted by molar-refractivity contribution is 0.419. The number of nitrogens with two attached hydrogens (primary N) is 1. The summed E-state index contributed by atoms with van der Waals surface area (Å²) in [6, 6.07) is 0. The fourth-order valence-corrected chi connectivity index (χ4v) is 0.564. The Balaban J connectivity index is 3.73. The quantitative estimate of drug-likeness (QED) is 0.587.